The van der Waals surface area contributed by atoms with E-state index in [0.29, 0.717) is 23.3 Å². The average Bonchev–Trinajstić information content (AvgIpc) is 3.36. The molecule has 1 aromatic carbocycles. The van der Waals surface area contributed by atoms with E-state index in [2.05, 4.69) is 25.8 Å². The second kappa shape index (κ2) is 8.04. The molecule has 4 rings (SSSR count). The summed E-state index contributed by atoms with van der Waals surface area (Å²) >= 11 is 0. The number of benzene rings is 1. The fraction of sp³-hybridized carbons (Fsp3) is 0.400. The molecular formula is C20H25N7O2. The summed E-state index contributed by atoms with van der Waals surface area (Å²) in [5, 5.41) is 15.1. The molecule has 152 valence electrons. The molecule has 0 atom stereocenters. The van der Waals surface area contributed by atoms with E-state index in [-0.39, 0.29) is 5.91 Å². The number of piperidine rings is 1. The van der Waals surface area contributed by atoms with E-state index in [1.807, 2.05) is 25.1 Å². The lowest BCUT2D eigenvalue weighted by atomic mass is 9.98. The van der Waals surface area contributed by atoms with Crippen molar-refractivity contribution >= 4 is 11.9 Å². The lowest BCUT2D eigenvalue weighted by Gasteiger charge is -2.19. The zero-order valence-electron chi connectivity index (χ0n) is 16.8. The Kier molecular flexibility index (Phi) is 5.30. The number of amides is 1. The molecule has 1 fully saturated rings. The lowest BCUT2D eigenvalue weighted by Crippen LogP contribution is -2.27. The average molecular weight is 395 g/mol. The van der Waals surface area contributed by atoms with Crippen LogP contribution in [0.2, 0.25) is 0 Å². The second-order valence-corrected chi connectivity index (χ2v) is 7.22. The summed E-state index contributed by atoms with van der Waals surface area (Å²) in [6.07, 6.45) is 3.74. The molecule has 3 heterocycles. The fourth-order valence-electron chi connectivity index (χ4n) is 3.49. The Bertz CT molecular complexity index is 1020. The van der Waals surface area contributed by atoms with Gasteiger partial charge in [0.2, 0.25) is 5.95 Å². The number of methoxy groups -OCH3 is 1. The fourth-order valence-corrected chi connectivity index (χ4v) is 3.49. The molecule has 0 saturated carbocycles. The molecule has 0 bridgehead atoms. The molecule has 9 heteroatoms. The Labute approximate surface area is 169 Å². The van der Waals surface area contributed by atoms with Crippen LogP contribution in [-0.4, -0.2) is 50.7 Å². The maximum absolute atomic E-state index is 12.7. The van der Waals surface area contributed by atoms with Gasteiger partial charge in [-0.1, -0.05) is 6.07 Å². The third-order valence-electron chi connectivity index (χ3n) is 5.11. The number of hydrogen-bond donors (Lipinski definition) is 2. The number of rotatable bonds is 5. The summed E-state index contributed by atoms with van der Waals surface area (Å²) in [6.45, 7) is 3.92. The highest BCUT2D eigenvalue weighted by Crippen LogP contribution is 2.25. The highest BCUT2D eigenvalue weighted by Gasteiger charge is 2.22. The van der Waals surface area contributed by atoms with E-state index in [9.17, 15) is 4.79 Å². The van der Waals surface area contributed by atoms with E-state index < -0.39 is 0 Å². The number of nitrogens with one attached hydrogen (secondary N) is 2. The maximum atomic E-state index is 12.7. The Hall–Kier alpha value is -3.20. The molecule has 2 N–H and O–H groups in total. The van der Waals surface area contributed by atoms with Gasteiger partial charge in [-0.3, -0.25) is 10.1 Å². The van der Waals surface area contributed by atoms with E-state index in [1.165, 1.54) is 0 Å². The van der Waals surface area contributed by atoms with Crippen molar-refractivity contribution in [3.8, 4) is 11.4 Å². The Morgan fingerprint density at radius 1 is 1.24 bits per heavy atom. The van der Waals surface area contributed by atoms with Crippen molar-refractivity contribution in [2.75, 3.05) is 25.5 Å². The number of hydrogen-bond acceptors (Lipinski definition) is 6. The minimum absolute atomic E-state index is 0.292. The van der Waals surface area contributed by atoms with Gasteiger partial charge < -0.3 is 10.1 Å². The molecule has 3 aromatic rings. The quantitative estimate of drug-likeness (QED) is 0.686. The van der Waals surface area contributed by atoms with E-state index in [1.54, 1.807) is 35.8 Å². The zero-order valence-corrected chi connectivity index (χ0v) is 16.8. The van der Waals surface area contributed by atoms with Gasteiger partial charge in [0.1, 0.15) is 11.4 Å². The van der Waals surface area contributed by atoms with Crippen LogP contribution in [-0.2, 0) is 7.05 Å². The summed E-state index contributed by atoms with van der Waals surface area (Å²) in [7, 11) is 3.39. The predicted molar refractivity (Wildman–Crippen MR) is 109 cm³/mol. The summed E-state index contributed by atoms with van der Waals surface area (Å²) in [4.78, 5) is 17.2. The first-order valence-corrected chi connectivity index (χ1v) is 9.69. The van der Waals surface area contributed by atoms with Crippen molar-refractivity contribution in [2.24, 2.45) is 7.05 Å². The van der Waals surface area contributed by atoms with Crippen LogP contribution in [0.3, 0.4) is 0 Å². The van der Waals surface area contributed by atoms with Gasteiger partial charge in [0.25, 0.3) is 5.91 Å². The van der Waals surface area contributed by atoms with Crippen LogP contribution in [0.25, 0.3) is 5.69 Å². The van der Waals surface area contributed by atoms with Gasteiger partial charge >= 0.3 is 0 Å². The van der Waals surface area contributed by atoms with Gasteiger partial charge in [-0.05, 0) is 56.6 Å². The van der Waals surface area contributed by atoms with Crippen molar-refractivity contribution < 1.29 is 9.53 Å². The van der Waals surface area contributed by atoms with Crippen molar-refractivity contribution in [3.63, 3.8) is 0 Å². The summed E-state index contributed by atoms with van der Waals surface area (Å²) in [6, 6.07) is 7.48. The van der Waals surface area contributed by atoms with Gasteiger partial charge in [0, 0.05) is 19.2 Å². The van der Waals surface area contributed by atoms with Crippen molar-refractivity contribution in [3.05, 3.63) is 47.5 Å². The molecule has 9 nitrogen and oxygen atoms in total. The second-order valence-electron chi connectivity index (χ2n) is 7.22. The molecule has 0 aliphatic carbocycles. The minimum atomic E-state index is -0.331. The molecule has 1 saturated heterocycles. The number of aromatic nitrogens is 5. The lowest BCUT2D eigenvalue weighted by molar-refractivity contribution is 0.102. The van der Waals surface area contributed by atoms with Crippen molar-refractivity contribution in [2.45, 2.75) is 25.7 Å². The standard InChI is InChI=1S/C20H25N7O2/c1-13-4-5-17(29-3)16(12-13)27-11-8-15(24-27)19(28)23-20-22-18(25-26(20)2)14-6-9-21-10-7-14/h4-5,8,11-12,14,21H,6-7,9-10H2,1-3H3,(H,22,23,25,28). The normalized spacial score (nSPS) is 14.7. The van der Waals surface area contributed by atoms with Crippen LogP contribution in [0, 0.1) is 6.92 Å². The first kappa shape index (κ1) is 19.1. The van der Waals surface area contributed by atoms with Gasteiger partial charge in [-0.25, -0.2) is 9.36 Å². The number of nitrogens with zero attached hydrogens (tertiary/aromatic N) is 5. The van der Waals surface area contributed by atoms with Crippen molar-refractivity contribution in [1.29, 1.82) is 0 Å². The molecule has 1 aliphatic heterocycles. The summed E-state index contributed by atoms with van der Waals surface area (Å²) in [5.74, 6) is 1.87. The molecule has 0 spiro atoms. The Morgan fingerprint density at radius 3 is 2.79 bits per heavy atom. The third kappa shape index (κ3) is 4.00. The van der Waals surface area contributed by atoms with Crippen LogP contribution >= 0.6 is 0 Å². The van der Waals surface area contributed by atoms with Gasteiger partial charge in [0.15, 0.2) is 11.5 Å². The molecule has 1 amide bonds. The highest BCUT2D eigenvalue weighted by molar-refractivity contribution is 6.01. The maximum Gasteiger partial charge on any atom is 0.278 e. The largest absolute Gasteiger partial charge is 0.494 e. The highest BCUT2D eigenvalue weighted by atomic mass is 16.5. The van der Waals surface area contributed by atoms with E-state index >= 15 is 0 Å². The number of carbonyl (C=O) groups excluding carboxylic acids is 1. The molecule has 2 aromatic heterocycles. The molecule has 1 aliphatic rings. The van der Waals surface area contributed by atoms with Crippen LogP contribution in [0.15, 0.2) is 30.5 Å². The summed E-state index contributed by atoms with van der Waals surface area (Å²) < 4.78 is 8.65. The first-order chi connectivity index (χ1) is 14.0. The molecular weight excluding hydrogens is 370 g/mol. The molecule has 29 heavy (non-hydrogen) atoms. The molecule has 0 radical (unpaired) electrons. The van der Waals surface area contributed by atoms with Crippen LogP contribution < -0.4 is 15.4 Å². The minimum Gasteiger partial charge on any atom is -0.494 e. The van der Waals surface area contributed by atoms with Crippen LogP contribution in [0.1, 0.15) is 40.6 Å². The topological polar surface area (TPSA) is 98.9 Å². The van der Waals surface area contributed by atoms with Gasteiger partial charge in [-0.2, -0.15) is 15.2 Å². The number of anilines is 1. The number of carbonyl (C=O) groups is 1. The van der Waals surface area contributed by atoms with Crippen LogP contribution in [0.5, 0.6) is 5.75 Å². The monoisotopic (exact) mass is 395 g/mol. The smallest absolute Gasteiger partial charge is 0.278 e. The third-order valence-corrected chi connectivity index (χ3v) is 5.11. The first-order valence-electron chi connectivity index (χ1n) is 9.69. The van der Waals surface area contributed by atoms with Gasteiger partial charge in [-0.15, -0.1) is 0 Å². The Morgan fingerprint density at radius 2 is 2.03 bits per heavy atom. The number of ether oxygens (including phenoxy) is 1. The number of aryl methyl sites for hydroxylation is 2. The van der Waals surface area contributed by atoms with E-state index in [0.717, 1.165) is 43.0 Å². The Balaban J connectivity index is 1.52. The SMILES string of the molecule is COc1ccc(C)cc1-n1ccc(C(=O)Nc2nc(C3CCNCC3)nn2C)n1. The predicted octanol–water partition coefficient (Wildman–Crippen LogP) is 2.04. The molecule has 0 unspecified atom stereocenters. The van der Waals surface area contributed by atoms with Crippen molar-refractivity contribution in [1.82, 2.24) is 29.9 Å². The van der Waals surface area contributed by atoms with Gasteiger partial charge in [0.05, 0.1) is 7.11 Å². The zero-order chi connectivity index (χ0) is 20.4. The summed E-state index contributed by atoms with van der Waals surface area (Å²) in [5.41, 5.74) is 2.14. The van der Waals surface area contributed by atoms with E-state index in [4.69, 9.17) is 4.74 Å². The van der Waals surface area contributed by atoms with Crippen LogP contribution in [0.4, 0.5) is 5.95 Å².